The summed E-state index contributed by atoms with van der Waals surface area (Å²) in [6.07, 6.45) is 1.28. The van der Waals surface area contributed by atoms with Crippen molar-refractivity contribution in [1.82, 2.24) is 4.90 Å². The molecular formula is C7H15NO2. The first-order valence-corrected chi connectivity index (χ1v) is 3.61. The zero-order chi connectivity index (χ0) is 7.56. The van der Waals surface area contributed by atoms with Crippen LogP contribution in [0, 0.1) is 0 Å². The highest BCUT2D eigenvalue weighted by molar-refractivity contribution is 4.82. The fourth-order valence-corrected chi connectivity index (χ4v) is 1.41. The van der Waals surface area contributed by atoms with Crippen LogP contribution in [0.5, 0.6) is 0 Å². The molecule has 0 bridgehead atoms. The molecule has 0 aromatic carbocycles. The minimum Gasteiger partial charge on any atom is -0.395 e. The van der Waals surface area contributed by atoms with Crippen LogP contribution in [-0.4, -0.2) is 49.5 Å². The van der Waals surface area contributed by atoms with Gasteiger partial charge in [-0.15, -0.1) is 0 Å². The van der Waals surface area contributed by atoms with Gasteiger partial charge < -0.3 is 9.84 Å². The first-order valence-electron chi connectivity index (χ1n) is 3.61. The third-order valence-corrected chi connectivity index (χ3v) is 2.19. The van der Waals surface area contributed by atoms with Crippen molar-refractivity contribution in [2.75, 3.05) is 27.3 Å². The van der Waals surface area contributed by atoms with Gasteiger partial charge in [-0.3, -0.25) is 4.90 Å². The zero-order valence-electron chi connectivity index (χ0n) is 6.58. The number of ether oxygens (including phenoxy) is 1. The van der Waals surface area contributed by atoms with E-state index in [4.69, 9.17) is 9.84 Å². The Balaban J connectivity index is 2.36. The van der Waals surface area contributed by atoms with E-state index in [2.05, 4.69) is 4.90 Å². The lowest BCUT2D eigenvalue weighted by Crippen LogP contribution is -2.28. The van der Waals surface area contributed by atoms with E-state index in [0.29, 0.717) is 12.1 Å². The van der Waals surface area contributed by atoms with Crippen LogP contribution >= 0.6 is 0 Å². The highest BCUT2D eigenvalue weighted by Crippen LogP contribution is 2.16. The van der Waals surface area contributed by atoms with Crippen LogP contribution in [0.1, 0.15) is 6.42 Å². The smallest absolute Gasteiger partial charge is 0.0714 e. The molecule has 60 valence electrons. The average molecular weight is 145 g/mol. The third-order valence-electron chi connectivity index (χ3n) is 2.19. The minimum absolute atomic E-state index is 0.246. The maximum atomic E-state index is 8.85. The van der Waals surface area contributed by atoms with Crippen molar-refractivity contribution in [3.63, 3.8) is 0 Å². The Bertz CT molecular complexity index is 108. The van der Waals surface area contributed by atoms with Gasteiger partial charge in [0.05, 0.1) is 12.7 Å². The van der Waals surface area contributed by atoms with Gasteiger partial charge in [0.15, 0.2) is 0 Å². The first kappa shape index (κ1) is 7.98. The zero-order valence-corrected chi connectivity index (χ0v) is 6.58. The number of hydrogen-bond acceptors (Lipinski definition) is 3. The molecule has 1 fully saturated rings. The summed E-state index contributed by atoms with van der Waals surface area (Å²) in [4.78, 5) is 2.13. The van der Waals surface area contributed by atoms with Gasteiger partial charge in [-0.05, 0) is 13.5 Å². The van der Waals surface area contributed by atoms with E-state index in [1.807, 2.05) is 7.05 Å². The number of methoxy groups -OCH3 is 1. The highest BCUT2D eigenvalue weighted by atomic mass is 16.5. The average Bonchev–Trinajstić information content (AvgIpc) is 2.30. The number of hydrogen-bond donors (Lipinski definition) is 1. The second-order valence-corrected chi connectivity index (χ2v) is 2.87. The lowest BCUT2D eigenvalue weighted by molar-refractivity contribution is 0.111. The van der Waals surface area contributed by atoms with E-state index in [0.717, 1.165) is 13.0 Å². The molecule has 0 aliphatic carbocycles. The molecule has 1 saturated heterocycles. The van der Waals surface area contributed by atoms with E-state index in [1.54, 1.807) is 7.11 Å². The largest absolute Gasteiger partial charge is 0.395 e. The molecule has 1 aliphatic rings. The van der Waals surface area contributed by atoms with Gasteiger partial charge in [0.25, 0.3) is 0 Å². The van der Waals surface area contributed by atoms with Crippen LogP contribution in [-0.2, 0) is 4.74 Å². The van der Waals surface area contributed by atoms with E-state index >= 15 is 0 Å². The van der Waals surface area contributed by atoms with Crippen molar-refractivity contribution in [3.05, 3.63) is 0 Å². The van der Waals surface area contributed by atoms with Crippen molar-refractivity contribution < 1.29 is 9.84 Å². The Morgan fingerprint density at radius 1 is 1.70 bits per heavy atom. The maximum Gasteiger partial charge on any atom is 0.0714 e. The van der Waals surface area contributed by atoms with Gasteiger partial charge in [-0.25, -0.2) is 0 Å². The molecule has 0 amide bonds. The normalized spacial score (nSPS) is 35.1. The second-order valence-electron chi connectivity index (χ2n) is 2.87. The van der Waals surface area contributed by atoms with E-state index in [1.165, 1.54) is 0 Å². The second kappa shape index (κ2) is 3.32. The lowest BCUT2D eigenvalue weighted by atomic mass is 10.2. The number of nitrogens with zero attached hydrogens (tertiary/aromatic N) is 1. The third kappa shape index (κ3) is 1.48. The van der Waals surface area contributed by atoms with Crippen molar-refractivity contribution in [2.45, 2.75) is 18.6 Å². The van der Waals surface area contributed by atoms with Crippen LogP contribution in [0.4, 0.5) is 0 Å². The number of likely N-dealkylation sites (N-methyl/N-ethyl adjacent to an activating group) is 1. The summed E-state index contributed by atoms with van der Waals surface area (Å²) in [5, 5.41) is 8.85. The summed E-state index contributed by atoms with van der Waals surface area (Å²) >= 11 is 0. The number of rotatable bonds is 2. The predicted molar refractivity (Wildman–Crippen MR) is 38.9 cm³/mol. The summed E-state index contributed by atoms with van der Waals surface area (Å²) < 4.78 is 5.16. The molecule has 0 aromatic heterocycles. The molecule has 10 heavy (non-hydrogen) atoms. The summed E-state index contributed by atoms with van der Waals surface area (Å²) in [5.41, 5.74) is 0. The maximum absolute atomic E-state index is 8.85. The predicted octanol–water partition coefficient (Wildman–Crippen LogP) is -0.302. The lowest BCUT2D eigenvalue weighted by Gasteiger charge is -2.14. The Kier molecular flexibility index (Phi) is 2.65. The quantitative estimate of drug-likeness (QED) is 0.579. The van der Waals surface area contributed by atoms with Crippen LogP contribution in [0.3, 0.4) is 0 Å². The molecule has 0 aromatic rings. The molecule has 1 heterocycles. The van der Waals surface area contributed by atoms with E-state index in [-0.39, 0.29) is 6.61 Å². The molecule has 0 saturated carbocycles. The molecule has 3 heteroatoms. The van der Waals surface area contributed by atoms with Gasteiger partial charge in [0.2, 0.25) is 0 Å². The first-order chi connectivity index (χ1) is 4.77. The van der Waals surface area contributed by atoms with Gasteiger partial charge >= 0.3 is 0 Å². The van der Waals surface area contributed by atoms with Gasteiger partial charge in [-0.2, -0.15) is 0 Å². The summed E-state index contributed by atoms with van der Waals surface area (Å²) in [6.45, 7) is 1.19. The summed E-state index contributed by atoms with van der Waals surface area (Å²) in [7, 11) is 3.73. The van der Waals surface area contributed by atoms with Crippen LogP contribution in [0.15, 0.2) is 0 Å². The van der Waals surface area contributed by atoms with Gasteiger partial charge in [-0.1, -0.05) is 0 Å². The monoisotopic (exact) mass is 145 g/mol. The van der Waals surface area contributed by atoms with Gasteiger partial charge in [0.1, 0.15) is 0 Å². The summed E-state index contributed by atoms with van der Waals surface area (Å²) in [5.74, 6) is 0. The Labute approximate surface area is 61.6 Å². The molecule has 2 atom stereocenters. The number of likely N-dealkylation sites (tertiary alicyclic amines) is 1. The van der Waals surface area contributed by atoms with Crippen molar-refractivity contribution in [1.29, 1.82) is 0 Å². The topological polar surface area (TPSA) is 32.7 Å². The SMILES string of the molecule is CO[C@@H]1C[C@H](CO)N(C)C1. The van der Waals surface area contributed by atoms with Crippen molar-refractivity contribution >= 4 is 0 Å². The van der Waals surface area contributed by atoms with E-state index < -0.39 is 0 Å². The molecule has 1 aliphatic heterocycles. The van der Waals surface area contributed by atoms with Gasteiger partial charge in [0, 0.05) is 19.7 Å². The fraction of sp³-hybridized carbons (Fsp3) is 1.00. The Hall–Kier alpha value is -0.120. The number of aliphatic hydroxyl groups is 1. The molecular weight excluding hydrogens is 130 g/mol. The molecule has 0 radical (unpaired) electrons. The molecule has 1 rings (SSSR count). The molecule has 1 N–H and O–H groups in total. The summed E-state index contributed by atoms with van der Waals surface area (Å²) in [6, 6.07) is 0.310. The van der Waals surface area contributed by atoms with Crippen molar-refractivity contribution in [3.8, 4) is 0 Å². The Morgan fingerprint density at radius 2 is 2.40 bits per heavy atom. The molecule has 0 spiro atoms. The number of aliphatic hydroxyl groups excluding tert-OH is 1. The van der Waals surface area contributed by atoms with Crippen LogP contribution in [0.25, 0.3) is 0 Å². The highest BCUT2D eigenvalue weighted by Gasteiger charge is 2.28. The van der Waals surface area contributed by atoms with Crippen LogP contribution < -0.4 is 0 Å². The molecule has 0 unspecified atom stereocenters. The standard InChI is InChI=1S/C7H15NO2/c1-8-4-7(10-2)3-6(8)5-9/h6-7,9H,3-5H2,1-2H3/t6-,7-/m1/s1. The molecule has 3 nitrogen and oxygen atoms in total. The minimum atomic E-state index is 0.246. The van der Waals surface area contributed by atoms with Crippen molar-refractivity contribution in [2.24, 2.45) is 0 Å². The van der Waals surface area contributed by atoms with Crippen LogP contribution in [0.2, 0.25) is 0 Å². The Morgan fingerprint density at radius 3 is 2.70 bits per heavy atom. The van der Waals surface area contributed by atoms with E-state index in [9.17, 15) is 0 Å². The fourth-order valence-electron chi connectivity index (χ4n) is 1.41.